The summed E-state index contributed by atoms with van der Waals surface area (Å²) in [5.74, 6) is 1.54. The van der Waals surface area contributed by atoms with Crippen molar-refractivity contribution in [3.63, 3.8) is 0 Å². The quantitative estimate of drug-likeness (QED) is 0.0977. The second-order valence-electron chi connectivity index (χ2n) is 11.4. The van der Waals surface area contributed by atoms with E-state index in [1.807, 2.05) is 6.08 Å². The van der Waals surface area contributed by atoms with E-state index in [0.717, 1.165) is 45.0 Å². The second kappa shape index (κ2) is 36.4. The van der Waals surface area contributed by atoms with E-state index in [0.29, 0.717) is 18.6 Å². The lowest BCUT2D eigenvalue weighted by Gasteiger charge is -2.22. The molecule has 0 saturated carbocycles. The van der Waals surface area contributed by atoms with E-state index >= 15 is 0 Å². The molecule has 0 radical (unpaired) electrons. The van der Waals surface area contributed by atoms with Crippen LogP contribution in [0.25, 0.3) is 0 Å². The number of unbranched alkanes of at least 4 members (excludes halogenated alkanes) is 8. The minimum atomic E-state index is 0.350. The smallest absolute Gasteiger partial charge is 0.0673 e. The third-order valence-electron chi connectivity index (χ3n) is 6.85. The number of aliphatic hydroxyl groups excluding tert-OH is 1. The summed E-state index contributed by atoms with van der Waals surface area (Å²) in [6, 6.07) is 0. The number of hydrogen-bond acceptors (Lipinski definition) is 3. The Morgan fingerprint density at radius 2 is 1.34 bits per heavy atom. The molecule has 0 amide bonds. The number of nitrogens with zero attached hydrogens (tertiary/aromatic N) is 1. The predicted molar refractivity (Wildman–Crippen MR) is 174 cm³/mol. The number of hydrogen-bond donors (Lipinski definition) is 1. The molecule has 230 valence electrons. The topological polar surface area (TPSA) is 32.7 Å². The molecule has 0 heterocycles. The minimum absolute atomic E-state index is 0.350. The zero-order valence-electron chi connectivity index (χ0n) is 27.6. The van der Waals surface area contributed by atoms with Crippen LogP contribution in [0.2, 0.25) is 0 Å². The fourth-order valence-electron chi connectivity index (χ4n) is 4.13. The molecule has 0 aliphatic rings. The molecule has 0 aromatic rings. The SMILES string of the molecule is C=CC/C=C\CCCCC.CC(C)CCCC(C)CCO.CCCCCCCCO[C@@H](C)CN(CC)CC. The zero-order chi connectivity index (χ0) is 29.3. The average Bonchev–Trinajstić information content (AvgIpc) is 2.89. The van der Waals surface area contributed by atoms with Crippen molar-refractivity contribution in [2.24, 2.45) is 11.8 Å². The summed E-state index contributed by atoms with van der Waals surface area (Å²) >= 11 is 0. The van der Waals surface area contributed by atoms with Crippen LogP contribution in [0.15, 0.2) is 24.8 Å². The van der Waals surface area contributed by atoms with Crippen molar-refractivity contribution in [1.82, 2.24) is 4.90 Å². The summed E-state index contributed by atoms with van der Waals surface area (Å²) in [7, 11) is 0. The molecule has 0 aliphatic heterocycles. The lowest BCUT2D eigenvalue weighted by Crippen LogP contribution is -2.32. The Bertz CT molecular complexity index is 445. The molecular weight excluding hydrogens is 466 g/mol. The van der Waals surface area contributed by atoms with Crippen LogP contribution < -0.4 is 0 Å². The highest BCUT2D eigenvalue weighted by molar-refractivity contribution is 4.87. The normalized spacial score (nSPS) is 12.7. The van der Waals surface area contributed by atoms with E-state index < -0.39 is 0 Å². The Morgan fingerprint density at radius 1 is 0.737 bits per heavy atom. The van der Waals surface area contributed by atoms with Gasteiger partial charge in [0.25, 0.3) is 0 Å². The number of allylic oxidation sites excluding steroid dienone is 3. The maximum atomic E-state index is 8.65. The third-order valence-corrected chi connectivity index (χ3v) is 6.85. The Hall–Kier alpha value is -0.640. The number of ether oxygens (including phenoxy) is 1. The highest BCUT2D eigenvalue weighted by Crippen LogP contribution is 2.14. The van der Waals surface area contributed by atoms with Crippen LogP contribution in [0.3, 0.4) is 0 Å². The zero-order valence-corrected chi connectivity index (χ0v) is 27.6. The molecule has 3 nitrogen and oxygen atoms in total. The summed E-state index contributed by atoms with van der Waals surface area (Å²) in [6.45, 7) is 26.1. The van der Waals surface area contributed by atoms with Crippen molar-refractivity contribution in [2.75, 3.05) is 32.8 Å². The van der Waals surface area contributed by atoms with Gasteiger partial charge in [0.15, 0.2) is 0 Å². The largest absolute Gasteiger partial charge is 0.396 e. The maximum absolute atomic E-state index is 8.65. The molecule has 38 heavy (non-hydrogen) atoms. The molecule has 2 atom stereocenters. The van der Waals surface area contributed by atoms with Gasteiger partial charge in [-0.1, -0.05) is 131 Å². The Labute approximate surface area is 241 Å². The number of likely N-dealkylation sites (N-methyl/N-ethyl adjacent to an activating group) is 1. The first-order chi connectivity index (χ1) is 18.3. The molecule has 0 aromatic heterocycles. The lowest BCUT2D eigenvalue weighted by atomic mass is 9.98. The second-order valence-corrected chi connectivity index (χ2v) is 11.4. The van der Waals surface area contributed by atoms with E-state index in [4.69, 9.17) is 9.84 Å². The predicted octanol–water partition coefficient (Wildman–Crippen LogP) is 10.6. The number of rotatable bonds is 24. The van der Waals surface area contributed by atoms with Crippen LogP contribution in [0.5, 0.6) is 0 Å². The summed E-state index contributed by atoms with van der Waals surface area (Å²) in [5, 5.41) is 8.65. The number of aliphatic hydroxyl groups is 1. The van der Waals surface area contributed by atoms with Crippen molar-refractivity contribution < 1.29 is 9.84 Å². The maximum Gasteiger partial charge on any atom is 0.0673 e. The fraction of sp³-hybridized carbons (Fsp3) is 0.886. The van der Waals surface area contributed by atoms with Gasteiger partial charge in [0.2, 0.25) is 0 Å². The molecule has 0 bridgehead atoms. The van der Waals surface area contributed by atoms with Gasteiger partial charge in [-0.3, -0.25) is 0 Å². The molecule has 1 unspecified atom stereocenters. The monoisotopic (exact) mass is 540 g/mol. The molecular formula is C35H73NO2. The van der Waals surface area contributed by atoms with Crippen molar-refractivity contribution in [2.45, 2.75) is 158 Å². The molecule has 0 rings (SSSR count). The Morgan fingerprint density at radius 3 is 1.89 bits per heavy atom. The lowest BCUT2D eigenvalue weighted by molar-refractivity contribution is 0.0378. The highest BCUT2D eigenvalue weighted by Gasteiger charge is 2.06. The summed E-state index contributed by atoms with van der Waals surface area (Å²) in [6.07, 6.45) is 26.0. The van der Waals surface area contributed by atoms with Crippen LogP contribution >= 0.6 is 0 Å². The summed E-state index contributed by atoms with van der Waals surface area (Å²) < 4.78 is 5.84. The summed E-state index contributed by atoms with van der Waals surface area (Å²) in [5.41, 5.74) is 0. The van der Waals surface area contributed by atoms with Crippen molar-refractivity contribution >= 4 is 0 Å². The van der Waals surface area contributed by atoms with Crippen molar-refractivity contribution in [3.8, 4) is 0 Å². The molecule has 0 aliphatic carbocycles. The minimum Gasteiger partial charge on any atom is -0.396 e. The van der Waals surface area contributed by atoms with E-state index in [-0.39, 0.29) is 0 Å². The first-order valence-electron chi connectivity index (χ1n) is 16.5. The third kappa shape index (κ3) is 39.9. The van der Waals surface area contributed by atoms with Crippen molar-refractivity contribution in [1.29, 1.82) is 0 Å². The molecule has 3 heteroatoms. The molecule has 0 spiro atoms. The summed E-state index contributed by atoms with van der Waals surface area (Å²) in [4.78, 5) is 2.42. The van der Waals surface area contributed by atoms with Gasteiger partial charge in [-0.2, -0.15) is 0 Å². The van der Waals surface area contributed by atoms with Crippen LogP contribution in [0.1, 0.15) is 152 Å². The van der Waals surface area contributed by atoms with Gasteiger partial charge < -0.3 is 14.7 Å². The van der Waals surface area contributed by atoms with Crippen LogP contribution in [-0.2, 0) is 4.74 Å². The highest BCUT2D eigenvalue weighted by atomic mass is 16.5. The van der Waals surface area contributed by atoms with Crippen LogP contribution in [-0.4, -0.2) is 49.0 Å². The van der Waals surface area contributed by atoms with Crippen molar-refractivity contribution in [3.05, 3.63) is 24.8 Å². The Balaban J connectivity index is -0.000000509. The van der Waals surface area contributed by atoms with Gasteiger partial charge in [0.1, 0.15) is 0 Å². The molecule has 1 N–H and O–H groups in total. The van der Waals surface area contributed by atoms with Crippen LogP contribution in [0, 0.1) is 11.8 Å². The van der Waals surface area contributed by atoms with Gasteiger partial charge in [-0.25, -0.2) is 0 Å². The van der Waals surface area contributed by atoms with Gasteiger partial charge in [-0.15, -0.1) is 6.58 Å². The van der Waals surface area contributed by atoms with E-state index in [1.54, 1.807) is 0 Å². The van der Waals surface area contributed by atoms with E-state index in [1.165, 1.54) is 83.5 Å². The van der Waals surface area contributed by atoms with Crippen LogP contribution in [0.4, 0.5) is 0 Å². The van der Waals surface area contributed by atoms with E-state index in [2.05, 4.69) is 79.0 Å². The standard InChI is InChI=1S/C15H33NO.C10H22O.C10H18/c1-5-8-9-10-11-12-13-17-15(4)14-16(6-2)7-3;1-9(2)5-4-6-10(3)7-8-11;1-3-5-7-9-10-8-6-4-2/h15H,5-14H2,1-4H3;9-11H,4-8H2,1-3H3;3,7,9H,1,4-6,8,10H2,2H3/b;;9-7-/t15-;;/m0../s1. The fourth-order valence-corrected chi connectivity index (χ4v) is 4.13. The van der Waals surface area contributed by atoms with Gasteiger partial charge >= 0.3 is 0 Å². The first-order valence-corrected chi connectivity index (χ1v) is 16.5. The Kier molecular flexibility index (Phi) is 40.0. The van der Waals surface area contributed by atoms with Gasteiger partial charge in [0.05, 0.1) is 6.10 Å². The van der Waals surface area contributed by atoms with Gasteiger partial charge in [-0.05, 0) is 64.0 Å². The molecule has 0 fully saturated rings. The average molecular weight is 540 g/mol. The van der Waals surface area contributed by atoms with E-state index in [9.17, 15) is 0 Å². The first kappa shape index (κ1) is 41.8. The van der Waals surface area contributed by atoms with Gasteiger partial charge in [0, 0.05) is 19.8 Å². The molecule has 0 saturated heterocycles. The molecule has 0 aromatic carbocycles.